The Labute approximate surface area is 196 Å². The number of fused-ring (bicyclic) bond motifs is 1. The molecule has 1 aromatic heterocycles. The van der Waals surface area contributed by atoms with E-state index in [1.165, 1.54) is 54.0 Å². The first-order valence-corrected chi connectivity index (χ1v) is 11.8. The van der Waals surface area contributed by atoms with E-state index in [4.69, 9.17) is 0 Å². The number of nitrogens with zero attached hydrogens (tertiary/aromatic N) is 2. The van der Waals surface area contributed by atoms with Crippen molar-refractivity contribution in [1.82, 2.24) is 10.2 Å². The highest BCUT2D eigenvalue weighted by atomic mass is 32.2. The third kappa shape index (κ3) is 4.49. The number of carbonyl (C=O) groups excluding carboxylic acids is 2. The normalized spacial score (nSPS) is 20.6. The number of phenols is 1. The minimum absolute atomic E-state index is 0.0194. The van der Waals surface area contributed by atoms with Gasteiger partial charge in [0.05, 0.1) is 0 Å². The molecule has 1 fully saturated rings. The van der Waals surface area contributed by atoms with Gasteiger partial charge in [-0.3, -0.25) is 14.5 Å². The average Bonchev–Trinajstić information content (AvgIpc) is 2.81. The molecular weight excluding hydrogens is 470 g/mol. The fraction of sp³-hybridized carbons (Fsp3) is 0.238. The molecule has 4 N–H and O–H groups in total. The van der Waals surface area contributed by atoms with Gasteiger partial charge in [-0.25, -0.2) is 4.79 Å². The molecule has 2 aliphatic rings. The number of aliphatic carboxylic acids is 1. The lowest BCUT2D eigenvalue weighted by molar-refractivity contribution is -0.645. The van der Waals surface area contributed by atoms with Crippen molar-refractivity contribution >= 4 is 41.3 Å². The number of hydrogen-bond donors (Lipinski definition) is 4. The van der Waals surface area contributed by atoms with Crippen LogP contribution >= 0.6 is 23.5 Å². The van der Waals surface area contributed by atoms with Crippen LogP contribution in [0.15, 0.2) is 65.0 Å². The van der Waals surface area contributed by atoms with E-state index in [0.29, 0.717) is 21.1 Å². The first kappa shape index (κ1) is 23.0. The Morgan fingerprint density at radius 2 is 2.00 bits per heavy atom. The summed E-state index contributed by atoms with van der Waals surface area (Å²) < 4.78 is 0.685. The molecule has 0 spiro atoms. The number of pyridine rings is 1. The molecule has 0 bridgehead atoms. The zero-order valence-electron chi connectivity index (χ0n) is 17.0. The molecular formula is C21H19N3O7S2. The van der Waals surface area contributed by atoms with Crippen molar-refractivity contribution < 1.29 is 34.4 Å². The quantitative estimate of drug-likeness (QED) is 0.189. The van der Waals surface area contributed by atoms with Crippen molar-refractivity contribution in [2.75, 3.05) is 11.5 Å². The topological polar surface area (TPSA) is 154 Å². The van der Waals surface area contributed by atoms with Crippen molar-refractivity contribution in [2.45, 2.75) is 22.5 Å². The molecule has 1 aromatic carbocycles. The van der Waals surface area contributed by atoms with Gasteiger partial charge in [-0.1, -0.05) is 23.9 Å². The lowest BCUT2D eigenvalue weighted by Gasteiger charge is -2.49. The number of carboxylic acid groups (broad SMARTS) is 1. The monoisotopic (exact) mass is 489 g/mol. The number of β-lactam (4-membered cyclic amide) rings is 1. The van der Waals surface area contributed by atoms with Crippen LogP contribution in [0, 0.1) is 5.21 Å². The Morgan fingerprint density at radius 1 is 1.27 bits per heavy atom. The Bertz CT molecular complexity index is 1140. The number of amides is 2. The molecule has 2 amide bonds. The van der Waals surface area contributed by atoms with Gasteiger partial charge in [0, 0.05) is 23.6 Å². The van der Waals surface area contributed by atoms with E-state index in [1.807, 2.05) is 0 Å². The van der Waals surface area contributed by atoms with Crippen molar-refractivity contribution in [3.63, 3.8) is 0 Å². The molecule has 0 aliphatic carbocycles. The van der Waals surface area contributed by atoms with Crippen LogP contribution < -0.4 is 10.0 Å². The standard InChI is InChI=1S/C21H19N3O7S2/c25-13-6-4-11(5-7-13)17(26)18(27)22-15-19(28)24-16(21(29)30)12(10-33-20(15)24)9-32-14-3-1-2-8-23(14)31/h1-8,15,17,20,25-26H,9-10H2,(H,22,27)(H,29,30)/t15?,17?,20-/m1/s1. The number of carboxylic acids is 1. The minimum Gasteiger partial charge on any atom is -0.618 e. The van der Waals surface area contributed by atoms with E-state index in [1.54, 1.807) is 18.2 Å². The molecule has 10 nitrogen and oxygen atoms in total. The van der Waals surface area contributed by atoms with Crippen LogP contribution in [-0.2, 0) is 14.4 Å². The molecule has 172 valence electrons. The summed E-state index contributed by atoms with van der Waals surface area (Å²) in [6.07, 6.45) is -0.202. The molecule has 2 aliphatic heterocycles. The summed E-state index contributed by atoms with van der Waals surface area (Å²) >= 11 is 2.48. The van der Waals surface area contributed by atoms with Crippen molar-refractivity contribution in [3.05, 3.63) is 70.7 Å². The first-order chi connectivity index (χ1) is 15.8. The second-order valence-electron chi connectivity index (χ2n) is 7.30. The summed E-state index contributed by atoms with van der Waals surface area (Å²) in [5, 5.41) is 43.4. The highest BCUT2D eigenvalue weighted by molar-refractivity contribution is 8.01. The summed E-state index contributed by atoms with van der Waals surface area (Å²) in [5.41, 5.74) is 0.598. The zero-order chi connectivity index (χ0) is 23.7. The first-order valence-electron chi connectivity index (χ1n) is 9.76. The SMILES string of the molecule is O=C(O)C1=C(CSc2cccc[n+]2[O-])CS[C@@H]2C(NC(=O)C(O)c3ccc(O)cc3)C(=O)N12. The van der Waals surface area contributed by atoms with E-state index >= 15 is 0 Å². The van der Waals surface area contributed by atoms with E-state index < -0.39 is 35.3 Å². The minimum atomic E-state index is -1.55. The maximum Gasteiger partial charge on any atom is 0.352 e. The number of aliphatic hydroxyl groups excluding tert-OH is 1. The second-order valence-corrected chi connectivity index (χ2v) is 9.40. The molecule has 3 heterocycles. The van der Waals surface area contributed by atoms with Gasteiger partial charge < -0.3 is 25.8 Å². The molecule has 4 rings (SSSR count). The summed E-state index contributed by atoms with van der Waals surface area (Å²) in [4.78, 5) is 38.3. The molecule has 12 heteroatoms. The van der Waals surface area contributed by atoms with Crippen LogP contribution in [0.5, 0.6) is 5.75 Å². The van der Waals surface area contributed by atoms with Gasteiger partial charge in [-0.2, -0.15) is 4.73 Å². The van der Waals surface area contributed by atoms with Gasteiger partial charge in [0.15, 0.2) is 12.3 Å². The number of nitrogens with one attached hydrogen (secondary N) is 1. The van der Waals surface area contributed by atoms with Crippen LogP contribution in [0.4, 0.5) is 0 Å². The third-order valence-corrected chi connectivity index (χ3v) is 7.63. The third-order valence-electron chi connectivity index (χ3n) is 5.19. The number of hydrogen-bond acceptors (Lipinski definition) is 8. The Morgan fingerprint density at radius 3 is 2.67 bits per heavy atom. The predicted octanol–water partition coefficient (Wildman–Crippen LogP) is 0.590. The number of phenolic OH excluding ortho intramolecular Hbond substituents is 1. The number of thioether (sulfide) groups is 2. The number of carbonyl (C=O) groups is 3. The number of aromatic hydroxyl groups is 1. The molecule has 33 heavy (non-hydrogen) atoms. The van der Waals surface area contributed by atoms with Gasteiger partial charge in [-0.05, 0) is 29.3 Å². The molecule has 2 unspecified atom stereocenters. The van der Waals surface area contributed by atoms with Crippen LogP contribution in [-0.4, -0.2) is 60.9 Å². The maximum absolute atomic E-state index is 12.7. The van der Waals surface area contributed by atoms with Gasteiger partial charge in [-0.15, -0.1) is 11.8 Å². The summed E-state index contributed by atoms with van der Waals surface area (Å²) in [6, 6.07) is 9.36. The predicted molar refractivity (Wildman–Crippen MR) is 119 cm³/mol. The van der Waals surface area contributed by atoms with Crippen LogP contribution in [0.1, 0.15) is 11.7 Å². The Balaban J connectivity index is 1.46. The number of aliphatic hydroxyl groups is 1. The van der Waals surface area contributed by atoms with Gasteiger partial charge in [0.25, 0.3) is 16.8 Å². The van der Waals surface area contributed by atoms with Crippen molar-refractivity contribution in [2.24, 2.45) is 0 Å². The fourth-order valence-electron chi connectivity index (χ4n) is 3.52. The zero-order valence-corrected chi connectivity index (χ0v) is 18.6. The molecule has 3 atom stereocenters. The van der Waals surface area contributed by atoms with Gasteiger partial charge in [0.2, 0.25) is 0 Å². The maximum atomic E-state index is 12.7. The number of aromatic nitrogens is 1. The average molecular weight is 490 g/mol. The van der Waals surface area contributed by atoms with Crippen LogP contribution in [0.25, 0.3) is 0 Å². The summed E-state index contributed by atoms with van der Waals surface area (Å²) in [6.45, 7) is 0. The number of benzene rings is 1. The second kappa shape index (κ2) is 9.33. The number of rotatable bonds is 7. The van der Waals surface area contributed by atoms with Crippen LogP contribution in [0.3, 0.4) is 0 Å². The highest BCUT2D eigenvalue weighted by Crippen LogP contribution is 2.41. The van der Waals surface area contributed by atoms with Gasteiger partial charge >= 0.3 is 5.97 Å². The lowest BCUT2D eigenvalue weighted by Crippen LogP contribution is -2.70. The van der Waals surface area contributed by atoms with E-state index in [2.05, 4.69) is 5.32 Å². The summed E-state index contributed by atoms with van der Waals surface area (Å²) in [5.74, 6) is -2.15. The van der Waals surface area contributed by atoms with Crippen LogP contribution in [0.2, 0.25) is 0 Å². The highest BCUT2D eigenvalue weighted by Gasteiger charge is 2.54. The fourth-order valence-corrected chi connectivity index (χ4v) is 5.92. The Kier molecular flexibility index (Phi) is 6.49. The molecule has 0 radical (unpaired) electrons. The van der Waals surface area contributed by atoms with E-state index in [0.717, 1.165) is 4.90 Å². The molecule has 1 saturated heterocycles. The van der Waals surface area contributed by atoms with E-state index in [-0.39, 0.29) is 22.8 Å². The largest absolute Gasteiger partial charge is 0.618 e. The Hall–Kier alpha value is -3.22. The van der Waals surface area contributed by atoms with Gasteiger partial charge in [0.1, 0.15) is 22.9 Å². The smallest absolute Gasteiger partial charge is 0.352 e. The van der Waals surface area contributed by atoms with Crippen molar-refractivity contribution in [1.29, 1.82) is 0 Å². The summed E-state index contributed by atoms with van der Waals surface area (Å²) in [7, 11) is 0. The van der Waals surface area contributed by atoms with E-state index in [9.17, 15) is 34.9 Å². The van der Waals surface area contributed by atoms with Crippen molar-refractivity contribution in [3.8, 4) is 5.75 Å². The molecule has 2 aromatic rings. The lowest BCUT2D eigenvalue weighted by atomic mass is 10.0. The molecule has 0 saturated carbocycles.